The Morgan fingerprint density at radius 2 is 2.31 bits per heavy atom. The Balaban J connectivity index is 2.94. The van der Waals surface area contributed by atoms with E-state index in [2.05, 4.69) is 0 Å². The molecule has 1 aromatic heterocycles. The summed E-state index contributed by atoms with van der Waals surface area (Å²) in [5.74, 6) is -0.775. The van der Waals surface area contributed by atoms with E-state index in [-0.39, 0.29) is 5.92 Å². The number of hydrogen-bond acceptors (Lipinski definition) is 2. The van der Waals surface area contributed by atoms with Gasteiger partial charge in [-0.2, -0.15) is 0 Å². The molecular weight excluding hydrogens is 184 g/mol. The van der Waals surface area contributed by atoms with Gasteiger partial charge in [-0.05, 0) is 23.4 Å². The van der Waals surface area contributed by atoms with E-state index in [1.54, 1.807) is 17.4 Å². The van der Waals surface area contributed by atoms with Gasteiger partial charge in [0.15, 0.2) is 0 Å². The largest absolute Gasteiger partial charge is 0.478 e. The number of carboxylic acids is 1. The lowest BCUT2D eigenvalue weighted by Gasteiger charge is -2.04. The predicted molar refractivity (Wildman–Crippen MR) is 54.8 cm³/mol. The highest BCUT2D eigenvalue weighted by molar-refractivity contribution is 7.10. The van der Waals surface area contributed by atoms with E-state index in [4.69, 9.17) is 5.11 Å². The van der Waals surface area contributed by atoms with Gasteiger partial charge in [0.05, 0.1) is 0 Å². The molecule has 70 valence electrons. The first-order valence-electron chi connectivity index (χ1n) is 4.09. The molecule has 0 aromatic carbocycles. The molecule has 3 heteroatoms. The third-order valence-corrected chi connectivity index (χ3v) is 2.53. The number of carboxylic acid groups (broad SMARTS) is 1. The summed E-state index contributed by atoms with van der Waals surface area (Å²) in [6, 6.07) is 3.83. The second kappa shape index (κ2) is 4.23. The van der Waals surface area contributed by atoms with Gasteiger partial charge in [-0.15, -0.1) is 11.3 Å². The molecule has 0 amide bonds. The van der Waals surface area contributed by atoms with Crippen molar-refractivity contribution in [2.45, 2.75) is 13.8 Å². The smallest absolute Gasteiger partial charge is 0.331 e. The number of rotatable bonds is 3. The van der Waals surface area contributed by atoms with Crippen molar-refractivity contribution >= 4 is 23.4 Å². The topological polar surface area (TPSA) is 37.3 Å². The van der Waals surface area contributed by atoms with Gasteiger partial charge in [-0.25, -0.2) is 4.79 Å². The molecule has 0 bridgehead atoms. The molecule has 1 rings (SSSR count). The maximum atomic E-state index is 10.8. The van der Waals surface area contributed by atoms with E-state index in [1.807, 2.05) is 31.4 Å². The van der Waals surface area contributed by atoms with Gasteiger partial charge < -0.3 is 5.11 Å². The first kappa shape index (κ1) is 9.99. The Bertz CT molecular complexity index is 310. The molecule has 1 heterocycles. The van der Waals surface area contributed by atoms with Crippen molar-refractivity contribution in [3.05, 3.63) is 28.0 Å². The summed E-state index contributed by atoms with van der Waals surface area (Å²) in [4.78, 5) is 11.8. The SMILES string of the molecule is CC(C)/C(=C/c1cccs1)C(=O)O. The predicted octanol–water partition coefficient (Wildman–Crippen LogP) is 2.87. The van der Waals surface area contributed by atoms with Crippen LogP contribution >= 0.6 is 11.3 Å². The lowest BCUT2D eigenvalue weighted by Crippen LogP contribution is -2.06. The van der Waals surface area contributed by atoms with E-state index in [1.165, 1.54) is 0 Å². The number of thiophene rings is 1. The monoisotopic (exact) mass is 196 g/mol. The summed E-state index contributed by atoms with van der Waals surface area (Å²) >= 11 is 1.55. The van der Waals surface area contributed by atoms with Gasteiger partial charge in [0, 0.05) is 10.5 Å². The van der Waals surface area contributed by atoms with Crippen LogP contribution < -0.4 is 0 Å². The zero-order chi connectivity index (χ0) is 9.84. The third-order valence-electron chi connectivity index (χ3n) is 1.71. The third kappa shape index (κ3) is 2.70. The molecular formula is C10H12O2S. The Labute approximate surface area is 81.5 Å². The standard InChI is InChI=1S/C10H12O2S/c1-7(2)9(10(11)12)6-8-4-3-5-13-8/h3-7H,1-2H3,(H,11,12)/b9-6-. The molecule has 2 nitrogen and oxygen atoms in total. The van der Waals surface area contributed by atoms with Gasteiger partial charge >= 0.3 is 5.97 Å². The number of hydrogen-bond donors (Lipinski definition) is 1. The molecule has 0 radical (unpaired) electrons. The minimum Gasteiger partial charge on any atom is -0.478 e. The van der Waals surface area contributed by atoms with Crippen LogP contribution in [0, 0.1) is 5.92 Å². The van der Waals surface area contributed by atoms with E-state index >= 15 is 0 Å². The Kier molecular flexibility index (Phi) is 3.25. The summed E-state index contributed by atoms with van der Waals surface area (Å²) < 4.78 is 0. The molecule has 0 unspecified atom stereocenters. The van der Waals surface area contributed by atoms with Crippen molar-refractivity contribution in [3.8, 4) is 0 Å². The maximum absolute atomic E-state index is 10.8. The summed E-state index contributed by atoms with van der Waals surface area (Å²) in [5.41, 5.74) is 0.461. The van der Waals surface area contributed by atoms with E-state index in [9.17, 15) is 4.79 Å². The van der Waals surface area contributed by atoms with Crippen molar-refractivity contribution in [3.63, 3.8) is 0 Å². The van der Waals surface area contributed by atoms with Crippen LogP contribution in [0.2, 0.25) is 0 Å². The normalized spacial score (nSPS) is 12.1. The Morgan fingerprint density at radius 3 is 2.69 bits per heavy atom. The summed E-state index contributed by atoms with van der Waals surface area (Å²) in [5, 5.41) is 10.8. The molecule has 0 aliphatic carbocycles. The minimum absolute atomic E-state index is 0.0552. The molecule has 0 aliphatic rings. The van der Waals surface area contributed by atoms with Crippen LogP contribution in [0.3, 0.4) is 0 Å². The molecule has 0 saturated heterocycles. The second-order valence-corrected chi connectivity index (χ2v) is 4.05. The van der Waals surface area contributed by atoms with Gasteiger partial charge in [0.1, 0.15) is 0 Å². The number of aliphatic carboxylic acids is 1. The van der Waals surface area contributed by atoms with Gasteiger partial charge in [-0.1, -0.05) is 19.9 Å². The maximum Gasteiger partial charge on any atom is 0.331 e. The van der Waals surface area contributed by atoms with Crippen LogP contribution in [0.4, 0.5) is 0 Å². The molecule has 0 fully saturated rings. The fourth-order valence-electron chi connectivity index (χ4n) is 1.00. The first-order valence-corrected chi connectivity index (χ1v) is 4.97. The highest BCUT2D eigenvalue weighted by Gasteiger charge is 2.11. The van der Waals surface area contributed by atoms with Crippen LogP contribution in [0.15, 0.2) is 23.1 Å². The fourth-order valence-corrected chi connectivity index (χ4v) is 1.67. The van der Waals surface area contributed by atoms with Crippen LogP contribution in [0.25, 0.3) is 6.08 Å². The lowest BCUT2D eigenvalue weighted by atomic mass is 10.0. The zero-order valence-electron chi connectivity index (χ0n) is 7.65. The van der Waals surface area contributed by atoms with E-state index in [0.29, 0.717) is 5.57 Å². The summed E-state index contributed by atoms with van der Waals surface area (Å²) in [6.45, 7) is 3.76. The van der Waals surface area contributed by atoms with Crippen LogP contribution in [-0.2, 0) is 4.79 Å². The fraction of sp³-hybridized carbons (Fsp3) is 0.300. The molecule has 0 saturated carbocycles. The number of carbonyl (C=O) groups is 1. The molecule has 0 spiro atoms. The van der Waals surface area contributed by atoms with Crippen LogP contribution in [-0.4, -0.2) is 11.1 Å². The zero-order valence-corrected chi connectivity index (χ0v) is 8.47. The van der Waals surface area contributed by atoms with Crippen molar-refractivity contribution in [2.24, 2.45) is 5.92 Å². The Hall–Kier alpha value is -1.09. The quantitative estimate of drug-likeness (QED) is 0.755. The molecule has 1 aromatic rings. The van der Waals surface area contributed by atoms with Gasteiger partial charge in [0.2, 0.25) is 0 Å². The minimum atomic E-state index is -0.830. The lowest BCUT2D eigenvalue weighted by molar-refractivity contribution is -0.133. The first-order chi connectivity index (χ1) is 6.11. The summed E-state index contributed by atoms with van der Waals surface area (Å²) in [7, 11) is 0. The van der Waals surface area contributed by atoms with E-state index < -0.39 is 5.97 Å². The molecule has 1 N–H and O–H groups in total. The van der Waals surface area contributed by atoms with Crippen LogP contribution in [0.5, 0.6) is 0 Å². The van der Waals surface area contributed by atoms with Crippen molar-refractivity contribution in [2.75, 3.05) is 0 Å². The highest BCUT2D eigenvalue weighted by Crippen LogP contribution is 2.18. The summed E-state index contributed by atoms with van der Waals surface area (Å²) in [6.07, 6.45) is 1.73. The average molecular weight is 196 g/mol. The van der Waals surface area contributed by atoms with Crippen molar-refractivity contribution in [1.82, 2.24) is 0 Å². The van der Waals surface area contributed by atoms with Crippen LogP contribution in [0.1, 0.15) is 18.7 Å². The average Bonchev–Trinajstić information content (AvgIpc) is 2.50. The highest BCUT2D eigenvalue weighted by atomic mass is 32.1. The second-order valence-electron chi connectivity index (χ2n) is 3.07. The molecule has 13 heavy (non-hydrogen) atoms. The van der Waals surface area contributed by atoms with Crippen molar-refractivity contribution in [1.29, 1.82) is 0 Å². The van der Waals surface area contributed by atoms with Gasteiger partial charge in [-0.3, -0.25) is 0 Å². The van der Waals surface area contributed by atoms with Crippen molar-refractivity contribution < 1.29 is 9.90 Å². The Morgan fingerprint density at radius 1 is 1.62 bits per heavy atom. The van der Waals surface area contributed by atoms with E-state index in [0.717, 1.165) is 4.88 Å². The molecule has 0 aliphatic heterocycles. The van der Waals surface area contributed by atoms with Gasteiger partial charge in [0.25, 0.3) is 0 Å². The molecule has 0 atom stereocenters.